The van der Waals surface area contributed by atoms with Crippen LogP contribution in [0.3, 0.4) is 0 Å². The molecule has 2 heterocycles. The molecule has 0 radical (unpaired) electrons. The fraction of sp³-hybridized carbons (Fsp3) is 0. The summed E-state index contributed by atoms with van der Waals surface area (Å²) in [6.45, 7) is 0. The molecule has 0 aliphatic heterocycles. The van der Waals surface area contributed by atoms with Crippen molar-refractivity contribution in [1.82, 2.24) is 4.98 Å². The summed E-state index contributed by atoms with van der Waals surface area (Å²) in [5.41, 5.74) is 3.18. The number of halogens is 2. The molecule has 0 aliphatic carbocycles. The molecular formula is C24H14Cl2N2O3. The second-order valence-electron chi connectivity index (χ2n) is 6.77. The maximum Gasteiger partial charge on any atom is 0.231 e. The van der Waals surface area contributed by atoms with Crippen LogP contribution in [0, 0.1) is 0 Å². The first-order valence-corrected chi connectivity index (χ1v) is 10.1. The number of phenols is 1. The number of aromatic hydroxyl groups is 1. The smallest absolute Gasteiger partial charge is 0.231 e. The van der Waals surface area contributed by atoms with Crippen molar-refractivity contribution in [3.8, 4) is 28.5 Å². The predicted octanol–water partition coefficient (Wildman–Crippen LogP) is 7.52. The summed E-state index contributed by atoms with van der Waals surface area (Å²) in [7, 11) is 0. The summed E-state index contributed by atoms with van der Waals surface area (Å²) in [6, 6.07) is 21.3. The van der Waals surface area contributed by atoms with Crippen LogP contribution in [-0.4, -0.2) is 16.3 Å². The summed E-state index contributed by atoms with van der Waals surface area (Å²) in [4.78, 5) is 8.79. The maximum absolute atomic E-state index is 10.5. The third kappa shape index (κ3) is 3.93. The molecule has 0 amide bonds. The van der Waals surface area contributed by atoms with Crippen LogP contribution in [0.1, 0.15) is 5.76 Å². The molecule has 0 fully saturated rings. The Morgan fingerprint density at radius 2 is 1.71 bits per heavy atom. The van der Waals surface area contributed by atoms with Gasteiger partial charge in [0.15, 0.2) is 5.58 Å². The highest BCUT2D eigenvalue weighted by Crippen LogP contribution is 2.34. The second-order valence-corrected chi connectivity index (χ2v) is 7.62. The van der Waals surface area contributed by atoms with Crippen molar-refractivity contribution in [2.75, 3.05) is 0 Å². The van der Waals surface area contributed by atoms with Gasteiger partial charge in [-0.3, -0.25) is 4.99 Å². The highest BCUT2D eigenvalue weighted by molar-refractivity contribution is 6.36. The number of para-hydroxylation sites is 2. The molecule has 2 aromatic heterocycles. The molecule has 0 bridgehead atoms. The van der Waals surface area contributed by atoms with E-state index < -0.39 is 0 Å². The van der Waals surface area contributed by atoms with Crippen LogP contribution in [-0.2, 0) is 0 Å². The van der Waals surface area contributed by atoms with Crippen LogP contribution < -0.4 is 0 Å². The molecule has 0 spiro atoms. The highest BCUT2D eigenvalue weighted by Gasteiger charge is 2.13. The monoisotopic (exact) mass is 448 g/mol. The fourth-order valence-electron chi connectivity index (χ4n) is 3.16. The van der Waals surface area contributed by atoms with Crippen LogP contribution in [0.2, 0.25) is 10.0 Å². The minimum atomic E-state index is 0.0225. The van der Waals surface area contributed by atoms with E-state index in [-0.39, 0.29) is 5.75 Å². The van der Waals surface area contributed by atoms with Gasteiger partial charge < -0.3 is 13.9 Å². The number of aromatic nitrogens is 1. The minimum absolute atomic E-state index is 0.0225. The Bertz CT molecular complexity index is 1400. The molecule has 0 unspecified atom stereocenters. The largest absolute Gasteiger partial charge is 0.507 e. The fourth-order valence-corrected chi connectivity index (χ4v) is 3.66. The quantitative estimate of drug-likeness (QED) is 0.288. The van der Waals surface area contributed by atoms with Gasteiger partial charge in [-0.1, -0.05) is 35.3 Å². The zero-order valence-corrected chi connectivity index (χ0v) is 17.4. The molecule has 0 atom stereocenters. The highest BCUT2D eigenvalue weighted by atomic mass is 35.5. The minimum Gasteiger partial charge on any atom is -0.507 e. The predicted molar refractivity (Wildman–Crippen MR) is 123 cm³/mol. The van der Waals surface area contributed by atoms with E-state index in [0.717, 1.165) is 11.1 Å². The van der Waals surface area contributed by atoms with Gasteiger partial charge in [0.25, 0.3) is 0 Å². The van der Waals surface area contributed by atoms with E-state index in [1.54, 1.807) is 48.7 Å². The Kier molecular flexibility index (Phi) is 4.98. The summed E-state index contributed by atoms with van der Waals surface area (Å²) in [5.74, 6) is 1.53. The number of fused-ring (bicyclic) bond motifs is 1. The first-order valence-electron chi connectivity index (χ1n) is 9.35. The number of oxazole rings is 1. The van der Waals surface area contributed by atoms with E-state index in [1.165, 1.54) is 0 Å². The van der Waals surface area contributed by atoms with Gasteiger partial charge in [-0.25, -0.2) is 4.98 Å². The molecule has 7 heteroatoms. The van der Waals surface area contributed by atoms with Gasteiger partial charge in [-0.15, -0.1) is 0 Å². The number of aliphatic imine (C=N–C) groups is 1. The topological polar surface area (TPSA) is 71.8 Å². The molecule has 0 aliphatic rings. The Morgan fingerprint density at radius 1 is 0.871 bits per heavy atom. The van der Waals surface area contributed by atoms with Crippen LogP contribution in [0.5, 0.6) is 5.75 Å². The van der Waals surface area contributed by atoms with E-state index in [4.69, 9.17) is 32.0 Å². The standard InChI is InChI=1S/C24H14Cl2N2O3/c25-14-5-8-17(19(26)11-14)22-10-7-16(30-22)13-27-15-6-9-18(21(29)12-15)24-28-20-3-1-2-4-23(20)31-24/h1-13,29H. The zero-order valence-electron chi connectivity index (χ0n) is 15.9. The molecule has 5 rings (SSSR count). The van der Waals surface area contributed by atoms with Gasteiger partial charge in [0, 0.05) is 16.7 Å². The molecule has 152 valence electrons. The van der Waals surface area contributed by atoms with Gasteiger partial charge in [0.05, 0.1) is 22.5 Å². The number of hydrogen-bond donors (Lipinski definition) is 1. The first-order chi connectivity index (χ1) is 15.1. The molecule has 0 saturated heterocycles. The van der Waals surface area contributed by atoms with Crippen LogP contribution in [0.15, 0.2) is 86.6 Å². The lowest BCUT2D eigenvalue weighted by atomic mass is 10.2. The Hall–Kier alpha value is -3.54. The van der Waals surface area contributed by atoms with Gasteiger partial charge in [0.2, 0.25) is 5.89 Å². The van der Waals surface area contributed by atoms with Crippen LogP contribution in [0.4, 0.5) is 5.69 Å². The molecule has 31 heavy (non-hydrogen) atoms. The third-order valence-electron chi connectivity index (χ3n) is 4.67. The van der Waals surface area contributed by atoms with E-state index in [9.17, 15) is 5.11 Å². The number of benzene rings is 3. The molecule has 5 aromatic rings. The Balaban J connectivity index is 1.38. The number of nitrogens with zero attached hydrogens (tertiary/aromatic N) is 2. The van der Waals surface area contributed by atoms with Crippen molar-refractivity contribution >= 4 is 46.2 Å². The summed E-state index contributed by atoms with van der Waals surface area (Å²) in [6.07, 6.45) is 1.57. The summed E-state index contributed by atoms with van der Waals surface area (Å²) >= 11 is 12.2. The van der Waals surface area contributed by atoms with E-state index in [2.05, 4.69) is 9.98 Å². The van der Waals surface area contributed by atoms with Crippen LogP contribution in [0.25, 0.3) is 33.9 Å². The van der Waals surface area contributed by atoms with Crippen molar-refractivity contribution < 1.29 is 13.9 Å². The van der Waals surface area contributed by atoms with E-state index in [0.29, 0.717) is 44.3 Å². The number of rotatable bonds is 4. The molecule has 3 aromatic carbocycles. The van der Waals surface area contributed by atoms with Gasteiger partial charge in [-0.05, 0) is 54.6 Å². The molecular weight excluding hydrogens is 435 g/mol. The normalized spacial score (nSPS) is 11.5. The number of phenolic OH excluding ortho intramolecular Hbond substituents is 1. The van der Waals surface area contributed by atoms with Gasteiger partial charge in [-0.2, -0.15) is 0 Å². The van der Waals surface area contributed by atoms with Crippen molar-refractivity contribution in [1.29, 1.82) is 0 Å². The maximum atomic E-state index is 10.5. The summed E-state index contributed by atoms with van der Waals surface area (Å²) < 4.78 is 11.5. The van der Waals surface area contributed by atoms with Crippen molar-refractivity contribution in [3.05, 3.63) is 88.6 Å². The lowest BCUT2D eigenvalue weighted by Crippen LogP contribution is -1.80. The lowest BCUT2D eigenvalue weighted by Gasteiger charge is -2.01. The third-order valence-corrected chi connectivity index (χ3v) is 5.22. The van der Waals surface area contributed by atoms with Gasteiger partial charge in [0.1, 0.15) is 22.8 Å². The Labute approximate surface area is 187 Å². The van der Waals surface area contributed by atoms with Crippen LogP contribution >= 0.6 is 23.2 Å². The van der Waals surface area contributed by atoms with E-state index in [1.807, 2.05) is 30.3 Å². The zero-order chi connectivity index (χ0) is 21.4. The first kappa shape index (κ1) is 19.4. The average molecular weight is 449 g/mol. The van der Waals surface area contributed by atoms with Gasteiger partial charge >= 0.3 is 0 Å². The second kappa shape index (κ2) is 7.95. The summed E-state index contributed by atoms with van der Waals surface area (Å²) in [5, 5.41) is 11.5. The molecule has 5 nitrogen and oxygen atoms in total. The number of hydrogen-bond acceptors (Lipinski definition) is 5. The van der Waals surface area contributed by atoms with Crippen molar-refractivity contribution in [3.63, 3.8) is 0 Å². The van der Waals surface area contributed by atoms with Crippen molar-refractivity contribution in [2.45, 2.75) is 0 Å². The van der Waals surface area contributed by atoms with E-state index >= 15 is 0 Å². The number of furan rings is 1. The molecule has 1 N–H and O–H groups in total. The average Bonchev–Trinajstić information content (AvgIpc) is 3.39. The Morgan fingerprint density at radius 3 is 2.52 bits per heavy atom. The SMILES string of the molecule is Oc1cc(N=Cc2ccc(-c3ccc(Cl)cc3Cl)o2)ccc1-c1nc2ccccc2o1. The molecule has 0 saturated carbocycles. The lowest BCUT2D eigenvalue weighted by molar-refractivity contribution is 0.474. The van der Waals surface area contributed by atoms with Crippen molar-refractivity contribution in [2.24, 2.45) is 4.99 Å².